The van der Waals surface area contributed by atoms with Gasteiger partial charge in [0.05, 0.1) is 12.7 Å². The van der Waals surface area contributed by atoms with Gasteiger partial charge in [-0.1, -0.05) is 6.42 Å². The molecular formula is C13H22N2O3. The van der Waals surface area contributed by atoms with Crippen molar-refractivity contribution in [1.29, 1.82) is 0 Å². The van der Waals surface area contributed by atoms with Gasteiger partial charge in [-0.15, -0.1) is 0 Å². The number of methoxy groups -OCH3 is 1. The molecule has 0 aromatic carbocycles. The summed E-state index contributed by atoms with van der Waals surface area (Å²) in [6.45, 7) is 1.11. The lowest BCUT2D eigenvalue weighted by Crippen LogP contribution is -2.72. The third-order valence-electron chi connectivity index (χ3n) is 5.02. The maximum atomic E-state index is 12.0. The van der Waals surface area contributed by atoms with Crippen LogP contribution in [0.5, 0.6) is 0 Å². The van der Waals surface area contributed by atoms with Crippen molar-refractivity contribution in [2.24, 2.45) is 17.1 Å². The average Bonchev–Trinajstić information content (AvgIpc) is 2.69. The number of nitrogens with one attached hydrogen (secondary N) is 1. The van der Waals surface area contributed by atoms with Gasteiger partial charge in [0, 0.05) is 31.1 Å². The molecule has 2 aliphatic carbocycles. The van der Waals surface area contributed by atoms with Gasteiger partial charge in [0.25, 0.3) is 0 Å². The molecular weight excluding hydrogens is 232 g/mol. The minimum absolute atomic E-state index is 0.0847. The summed E-state index contributed by atoms with van der Waals surface area (Å²) in [5.74, 6) is 0.419. The second-order valence-electron chi connectivity index (χ2n) is 5.88. The monoisotopic (exact) mass is 254 g/mol. The lowest BCUT2D eigenvalue weighted by molar-refractivity contribution is -0.179. The van der Waals surface area contributed by atoms with E-state index >= 15 is 0 Å². The van der Waals surface area contributed by atoms with E-state index in [2.05, 4.69) is 5.32 Å². The Morgan fingerprint density at radius 3 is 3.00 bits per heavy atom. The topological polar surface area (TPSA) is 73.6 Å². The number of amides is 1. The van der Waals surface area contributed by atoms with E-state index in [1.165, 1.54) is 19.3 Å². The average molecular weight is 254 g/mol. The Morgan fingerprint density at radius 2 is 2.39 bits per heavy atom. The molecule has 2 saturated carbocycles. The fourth-order valence-corrected chi connectivity index (χ4v) is 3.97. The van der Waals surface area contributed by atoms with E-state index in [1.54, 1.807) is 7.11 Å². The zero-order valence-electron chi connectivity index (χ0n) is 10.9. The lowest BCUT2D eigenvalue weighted by Gasteiger charge is -2.63. The lowest BCUT2D eigenvalue weighted by atomic mass is 9.46. The van der Waals surface area contributed by atoms with Crippen molar-refractivity contribution < 1.29 is 14.3 Å². The third-order valence-corrected chi connectivity index (χ3v) is 5.02. The first-order chi connectivity index (χ1) is 8.69. The van der Waals surface area contributed by atoms with E-state index in [-0.39, 0.29) is 24.0 Å². The Bertz CT molecular complexity index is 343. The van der Waals surface area contributed by atoms with E-state index in [4.69, 9.17) is 15.2 Å². The molecule has 3 N–H and O–H groups in total. The van der Waals surface area contributed by atoms with Crippen LogP contribution < -0.4 is 11.1 Å². The molecule has 1 aliphatic heterocycles. The van der Waals surface area contributed by atoms with Crippen LogP contribution in [0.2, 0.25) is 0 Å². The quantitative estimate of drug-likeness (QED) is 0.742. The second kappa shape index (κ2) is 4.47. The Balaban J connectivity index is 1.63. The Morgan fingerprint density at radius 1 is 1.61 bits per heavy atom. The molecule has 5 heteroatoms. The number of fused-ring (bicyclic) bond motifs is 2. The van der Waals surface area contributed by atoms with Gasteiger partial charge in [0.2, 0.25) is 5.91 Å². The molecule has 5 nitrogen and oxygen atoms in total. The minimum atomic E-state index is -0.562. The van der Waals surface area contributed by atoms with Gasteiger partial charge in [0.1, 0.15) is 6.04 Å². The highest BCUT2D eigenvalue weighted by atomic mass is 16.5. The van der Waals surface area contributed by atoms with Gasteiger partial charge in [-0.05, 0) is 19.3 Å². The predicted octanol–water partition coefficient (Wildman–Crippen LogP) is 0.0339. The van der Waals surface area contributed by atoms with Gasteiger partial charge >= 0.3 is 0 Å². The van der Waals surface area contributed by atoms with Crippen molar-refractivity contribution in [3.8, 4) is 0 Å². The van der Waals surface area contributed by atoms with Crippen LogP contribution in [-0.4, -0.2) is 44.4 Å². The van der Waals surface area contributed by atoms with E-state index in [9.17, 15) is 4.79 Å². The first-order valence-electron chi connectivity index (χ1n) is 6.85. The number of carbonyl (C=O) groups excluding carboxylic acids is 1. The van der Waals surface area contributed by atoms with Gasteiger partial charge in [0.15, 0.2) is 0 Å². The molecule has 0 aromatic rings. The van der Waals surface area contributed by atoms with Crippen molar-refractivity contribution in [2.75, 3.05) is 20.3 Å². The third kappa shape index (κ3) is 1.61. The maximum Gasteiger partial charge on any atom is 0.239 e. The fraction of sp³-hybridized carbons (Fsp3) is 0.923. The maximum absolute atomic E-state index is 12.0. The standard InChI is InChI=1S/C13H22N2O3/c1-17-7-9(14)12(16)15-10-8-3-6-18-11(8)13(10)4-2-5-13/h8-11H,2-7,14H2,1H3,(H,15,16). The first kappa shape index (κ1) is 12.4. The summed E-state index contributed by atoms with van der Waals surface area (Å²) >= 11 is 0. The summed E-state index contributed by atoms with van der Waals surface area (Å²) in [7, 11) is 1.56. The first-order valence-corrected chi connectivity index (χ1v) is 6.85. The number of rotatable bonds is 4. The number of ether oxygens (including phenoxy) is 2. The van der Waals surface area contributed by atoms with Crippen molar-refractivity contribution >= 4 is 5.91 Å². The molecule has 1 amide bonds. The Kier molecular flexibility index (Phi) is 3.08. The van der Waals surface area contributed by atoms with Crippen LogP contribution >= 0.6 is 0 Å². The SMILES string of the molecule is COCC(N)C(=O)NC1C2CCOC2C12CCC2. The number of hydrogen-bond donors (Lipinski definition) is 2. The highest BCUT2D eigenvalue weighted by Crippen LogP contribution is 2.62. The van der Waals surface area contributed by atoms with Crippen LogP contribution in [0.1, 0.15) is 25.7 Å². The summed E-state index contributed by atoms with van der Waals surface area (Å²) in [5.41, 5.74) is 6.00. The molecule has 3 aliphatic rings. The number of hydrogen-bond acceptors (Lipinski definition) is 4. The van der Waals surface area contributed by atoms with Gasteiger partial charge < -0.3 is 20.5 Å². The summed E-state index contributed by atoms with van der Waals surface area (Å²) in [6, 6.07) is -0.289. The van der Waals surface area contributed by atoms with Gasteiger partial charge in [-0.2, -0.15) is 0 Å². The molecule has 3 fully saturated rings. The van der Waals surface area contributed by atoms with Crippen LogP contribution in [0, 0.1) is 11.3 Å². The van der Waals surface area contributed by atoms with Crippen molar-refractivity contribution in [3.05, 3.63) is 0 Å². The predicted molar refractivity (Wildman–Crippen MR) is 65.9 cm³/mol. The summed E-state index contributed by atoms with van der Waals surface area (Å²) < 4.78 is 10.7. The van der Waals surface area contributed by atoms with Crippen LogP contribution in [0.3, 0.4) is 0 Å². The molecule has 3 rings (SSSR count). The zero-order chi connectivity index (χ0) is 12.8. The van der Waals surface area contributed by atoms with Crippen LogP contribution in [-0.2, 0) is 14.3 Å². The zero-order valence-corrected chi connectivity index (χ0v) is 10.9. The molecule has 0 radical (unpaired) electrons. The molecule has 102 valence electrons. The highest BCUT2D eigenvalue weighted by Gasteiger charge is 2.66. The van der Waals surface area contributed by atoms with Crippen LogP contribution in [0.15, 0.2) is 0 Å². The molecule has 0 aromatic heterocycles. The van der Waals surface area contributed by atoms with E-state index < -0.39 is 6.04 Å². The number of nitrogens with two attached hydrogens (primary N) is 1. The Hall–Kier alpha value is -0.650. The fourth-order valence-electron chi connectivity index (χ4n) is 3.97. The Labute approximate surface area is 107 Å². The summed E-state index contributed by atoms with van der Waals surface area (Å²) in [6.07, 6.45) is 5.06. The summed E-state index contributed by atoms with van der Waals surface area (Å²) in [5, 5.41) is 3.14. The second-order valence-corrected chi connectivity index (χ2v) is 5.88. The van der Waals surface area contributed by atoms with E-state index in [0.29, 0.717) is 12.0 Å². The smallest absolute Gasteiger partial charge is 0.239 e. The largest absolute Gasteiger partial charge is 0.383 e. The van der Waals surface area contributed by atoms with E-state index in [1.807, 2.05) is 0 Å². The van der Waals surface area contributed by atoms with Crippen molar-refractivity contribution in [1.82, 2.24) is 5.32 Å². The molecule has 4 atom stereocenters. The molecule has 1 spiro atoms. The van der Waals surface area contributed by atoms with Crippen molar-refractivity contribution in [3.63, 3.8) is 0 Å². The normalized spacial score (nSPS) is 37.6. The highest BCUT2D eigenvalue weighted by molar-refractivity contribution is 5.82. The van der Waals surface area contributed by atoms with Crippen LogP contribution in [0.4, 0.5) is 0 Å². The molecule has 1 heterocycles. The van der Waals surface area contributed by atoms with Crippen molar-refractivity contribution in [2.45, 2.75) is 43.9 Å². The number of carbonyl (C=O) groups is 1. The molecule has 1 saturated heterocycles. The van der Waals surface area contributed by atoms with Crippen LogP contribution in [0.25, 0.3) is 0 Å². The molecule has 0 bridgehead atoms. The van der Waals surface area contributed by atoms with Gasteiger partial charge in [-0.3, -0.25) is 4.79 Å². The van der Waals surface area contributed by atoms with E-state index in [0.717, 1.165) is 13.0 Å². The van der Waals surface area contributed by atoms with Gasteiger partial charge in [-0.25, -0.2) is 0 Å². The molecule has 4 unspecified atom stereocenters. The molecule has 18 heavy (non-hydrogen) atoms. The minimum Gasteiger partial charge on any atom is -0.383 e. The summed E-state index contributed by atoms with van der Waals surface area (Å²) in [4.78, 5) is 12.0.